The van der Waals surface area contributed by atoms with E-state index in [9.17, 15) is 0 Å². The van der Waals surface area contributed by atoms with Crippen molar-refractivity contribution in [2.24, 2.45) is 0 Å². The van der Waals surface area contributed by atoms with E-state index in [1.807, 2.05) is 0 Å². The van der Waals surface area contributed by atoms with Gasteiger partial charge in [-0.2, -0.15) is 0 Å². The summed E-state index contributed by atoms with van der Waals surface area (Å²) in [7, 11) is -1.80. The summed E-state index contributed by atoms with van der Waals surface area (Å²) < 4.78 is 19.2. The molecule has 1 saturated heterocycles. The van der Waals surface area contributed by atoms with Gasteiger partial charge in [0.15, 0.2) is 14.1 Å². The molecular weight excluding hydrogens is 400 g/mol. The third-order valence-electron chi connectivity index (χ3n) is 7.32. The summed E-state index contributed by atoms with van der Waals surface area (Å²) in [6, 6.07) is 0. The fourth-order valence-electron chi connectivity index (χ4n) is 4.37. The highest BCUT2D eigenvalue weighted by atomic mass is 28.4. The van der Waals surface area contributed by atoms with Gasteiger partial charge in [-0.3, -0.25) is 0 Å². The predicted molar refractivity (Wildman–Crippen MR) is 137 cm³/mol. The lowest BCUT2D eigenvalue weighted by molar-refractivity contribution is -0.311. The summed E-state index contributed by atoms with van der Waals surface area (Å²) in [5.41, 5.74) is 0. The van der Waals surface area contributed by atoms with Gasteiger partial charge in [-0.25, -0.2) is 0 Å². The molecule has 0 aliphatic carbocycles. The first-order valence-electron chi connectivity index (χ1n) is 13.4. The SMILES string of the molecule is CCCCCCCCCCCCC[C@H]1C[C@@H]([C@H](C)O[Si](C)(C)C(C)(C)C)OC(C)(C)O1. The van der Waals surface area contributed by atoms with Gasteiger partial charge in [-0.15, -0.1) is 0 Å². The van der Waals surface area contributed by atoms with Crippen LogP contribution in [0.25, 0.3) is 0 Å². The molecule has 0 aromatic heterocycles. The highest BCUT2D eigenvalue weighted by Gasteiger charge is 2.43. The fourth-order valence-corrected chi connectivity index (χ4v) is 5.80. The summed E-state index contributed by atoms with van der Waals surface area (Å²) >= 11 is 0. The lowest BCUT2D eigenvalue weighted by atomic mass is 9.99. The molecule has 31 heavy (non-hydrogen) atoms. The van der Waals surface area contributed by atoms with Gasteiger partial charge in [0.1, 0.15) is 0 Å². The first kappa shape index (κ1) is 29.1. The zero-order valence-electron chi connectivity index (χ0n) is 22.6. The molecule has 0 bridgehead atoms. The lowest BCUT2D eigenvalue weighted by Crippen LogP contribution is -2.52. The Hall–Kier alpha value is 0.0969. The Morgan fingerprint density at radius 2 is 1.35 bits per heavy atom. The maximum atomic E-state index is 6.65. The van der Waals surface area contributed by atoms with Crippen LogP contribution in [0.2, 0.25) is 18.1 Å². The van der Waals surface area contributed by atoms with E-state index in [4.69, 9.17) is 13.9 Å². The van der Waals surface area contributed by atoms with Crippen molar-refractivity contribution < 1.29 is 13.9 Å². The average molecular weight is 457 g/mol. The van der Waals surface area contributed by atoms with Gasteiger partial charge in [0, 0.05) is 6.42 Å². The predicted octanol–water partition coefficient (Wildman–Crippen LogP) is 9.01. The van der Waals surface area contributed by atoms with E-state index in [-0.39, 0.29) is 23.4 Å². The quantitative estimate of drug-likeness (QED) is 0.182. The van der Waals surface area contributed by atoms with Crippen LogP contribution in [0.15, 0.2) is 0 Å². The van der Waals surface area contributed by atoms with Gasteiger partial charge in [-0.1, -0.05) is 98.3 Å². The summed E-state index contributed by atoms with van der Waals surface area (Å²) in [6.45, 7) is 20.2. The Balaban J connectivity index is 2.31. The monoisotopic (exact) mass is 456 g/mol. The van der Waals surface area contributed by atoms with Crippen LogP contribution in [0.4, 0.5) is 0 Å². The Morgan fingerprint density at radius 3 is 1.84 bits per heavy atom. The molecule has 0 aromatic rings. The second-order valence-electron chi connectivity index (χ2n) is 11.9. The van der Waals surface area contributed by atoms with Gasteiger partial charge >= 0.3 is 0 Å². The van der Waals surface area contributed by atoms with Crippen LogP contribution in [0.1, 0.15) is 132 Å². The van der Waals surface area contributed by atoms with Crippen molar-refractivity contribution in [1.82, 2.24) is 0 Å². The van der Waals surface area contributed by atoms with E-state index < -0.39 is 14.1 Å². The second kappa shape index (κ2) is 13.7. The van der Waals surface area contributed by atoms with Gasteiger partial charge in [0.25, 0.3) is 0 Å². The molecular formula is C27H56O3Si. The first-order chi connectivity index (χ1) is 14.4. The van der Waals surface area contributed by atoms with Crippen LogP contribution in [-0.4, -0.2) is 32.4 Å². The molecule has 1 rings (SSSR count). The Labute approximate surface area is 196 Å². The van der Waals surface area contributed by atoms with Crippen LogP contribution in [-0.2, 0) is 13.9 Å². The van der Waals surface area contributed by atoms with E-state index in [1.54, 1.807) is 0 Å². The number of hydrogen-bond donors (Lipinski definition) is 0. The third kappa shape index (κ3) is 11.7. The normalized spacial score (nSPS) is 23.1. The number of unbranched alkanes of at least 4 members (excludes halogenated alkanes) is 10. The van der Waals surface area contributed by atoms with Crippen molar-refractivity contribution in [3.8, 4) is 0 Å². The second-order valence-corrected chi connectivity index (χ2v) is 16.7. The minimum absolute atomic E-state index is 0.115. The van der Waals surface area contributed by atoms with Crippen LogP contribution in [0.5, 0.6) is 0 Å². The zero-order valence-corrected chi connectivity index (χ0v) is 23.6. The van der Waals surface area contributed by atoms with Crippen molar-refractivity contribution >= 4 is 8.32 Å². The lowest BCUT2D eigenvalue weighted by Gasteiger charge is -2.46. The summed E-state index contributed by atoms with van der Waals surface area (Å²) in [6.07, 6.45) is 17.9. The third-order valence-corrected chi connectivity index (χ3v) is 11.9. The maximum absolute atomic E-state index is 6.65. The summed E-state index contributed by atoms with van der Waals surface area (Å²) in [5.74, 6) is -0.517. The minimum atomic E-state index is -1.80. The van der Waals surface area contributed by atoms with Crippen molar-refractivity contribution in [3.05, 3.63) is 0 Å². The molecule has 0 saturated carbocycles. The molecule has 3 nitrogen and oxygen atoms in total. The summed E-state index contributed by atoms with van der Waals surface area (Å²) in [4.78, 5) is 0. The van der Waals surface area contributed by atoms with Crippen LogP contribution in [0, 0.1) is 0 Å². The van der Waals surface area contributed by atoms with Gasteiger partial charge in [0.2, 0.25) is 0 Å². The maximum Gasteiger partial charge on any atom is 0.192 e. The van der Waals surface area contributed by atoms with Crippen molar-refractivity contribution in [1.29, 1.82) is 0 Å². The zero-order chi connectivity index (χ0) is 23.5. The highest BCUT2D eigenvalue weighted by molar-refractivity contribution is 6.74. The fraction of sp³-hybridized carbons (Fsp3) is 1.00. The molecule has 3 atom stereocenters. The molecule has 1 aliphatic heterocycles. The van der Waals surface area contributed by atoms with Crippen molar-refractivity contribution in [3.63, 3.8) is 0 Å². The molecule has 186 valence electrons. The van der Waals surface area contributed by atoms with Crippen molar-refractivity contribution in [2.75, 3.05) is 0 Å². The number of rotatable bonds is 15. The minimum Gasteiger partial charge on any atom is -0.412 e. The largest absolute Gasteiger partial charge is 0.412 e. The molecule has 0 unspecified atom stereocenters. The van der Waals surface area contributed by atoms with Gasteiger partial charge < -0.3 is 13.9 Å². The Kier molecular flexibility index (Phi) is 12.9. The molecule has 0 amide bonds. The standard InChI is InChI=1S/C27H56O3Si/c1-10-11-12-13-14-15-16-17-18-19-20-21-24-22-25(29-27(6,7)28-24)23(2)30-31(8,9)26(3,4)5/h23-25H,10-22H2,1-9H3/t23-,24-,25-/m0/s1. The first-order valence-corrected chi connectivity index (χ1v) is 16.3. The van der Waals surface area contributed by atoms with E-state index in [0.29, 0.717) is 0 Å². The molecule has 1 aliphatic rings. The van der Waals surface area contributed by atoms with E-state index in [1.165, 1.54) is 70.6 Å². The highest BCUT2D eigenvalue weighted by Crippen LogP contribution is 2.39. The average Bonchev–Trinajstić information content (AvgIpc) is 2.63. The molecule has 1 fully saturated rings. The Morgan fingerprint density at radius 1 is 0.871 bits per heavy atom. The smallest absolute Gasteiger partial charge is 0.192 e. The summed E-state index contributed by atoms with van der Waals surface area (Å²) in [5, 5.41) is 0.219. The number of ether oxygens (including phenoxy) is 2. The van der Waals surface area contributed by atoms with Crippen LogP contribution < -0.4 is 0 Å². The van der Waals surface area contributed by atoms with Crippen LogP contribution in [0.3, 0.4) is 0 Å². The number of hydrogen-bond acceptors (Lipinski definition) is 3. The van der Waals surface area contributed by atoms with Gasteiger partial charge in [-0.05, 0) is 45.3 Å². The molecule has 0 radical (unpaired) electrons. The molecule has 0 N–H and O–H groups in total. The topological polar surface area (TPSA) is 27.7 Å². The molecule has 0 spiro atoms. The van der Waals surface area contributed by atoms with Crippen molar-refractivity contribution in [2.45, 2.75) is 174 Å². The van der Waals surface area contributed by atoms with E-state index >= 15 is 0 Å². The van der Waals surface area contributed by atoms with Crippen LogP contribution >= 0.6 is 0 Å². The van der Waals surface area contributed by atoms with E-state index in [0.717, 1.165) is 12.8 Å². The van der Waals surface area contributed by atoms with E-state index in [2.05, 4.69) is 61.6 Å². The Bertz CT molecular complexity index is 470. The molecule has 4 heteroatoms. The van der Waals surface area contributed by atoms with Gasteiger partial charge in [0.05, 0.1) is 18.3 Å². The molecule has 0 aromatic carbocycles. The molecule has 1 heterocycles.